The lowest BCUT2D eigenvalue weighted by Gasteiger charge is -2.08. The quantitative estimate of drug-likeness (QED) is 0.214. The molecule has 1 aliphatic carbocycles. The van der Waals surface area contributed by atoms with Gasteiger partial charge in [0, 0.05) is 6.61 Å². The van der Waals surface area contributed by atoms with E-state index in [9.17, 15) is 0 Å². The van der Waals surface area contributed by atoms with Gasteiger partial charge in [0.25, 0.3) is 0 Å². The average molecular weight is 355 g/mol. The van der Waals surface area contributed by atoms with Crippen LogP contribution in [0.25, 0.3) is 0 Å². The van der Waals surface area contributed by atoms with Crippen LogP contribution in [0.15, 0.2) is 0 Å². The van der Waals surface area contributed by atoms with E-state index in [-0.39, 0.29) is 0 Å². The third-order valence-corrected chi connectivity index (χ3v) is 5.28. The van der Waals surface area contributed by atoms with E-state index in [0.717, 1.165) is 25.7 Å². The maximum absolute atomic E-state index is 5.58. The highest BCUT2D eigenvalue weighted by molar-refractivity contribution is 4.72. The van der Waals surface area contributed by atoms with E-state index in [1.165, 1.54) is 103 Å². The van der Waals surface area contributed by atoms with Gasteiger partial charge in [0.2, 0.25) is 0 Å². The van der Waals surface area contributed by atoms with Crippen molar-refractivity contribution in [3.8, 4) is 0 Å². The van der Waals surface area contributed by atoms with Gasteiger partial charge in [0.15, 0.2) is 0 Å². The first kappa shape index (κ1) is 23.0. The van der Waals surface area contributed by atoms with Gasteiger partial charge in [-0.1, -0.05) is 96.3 Å². The first-order valence-electron chi connectivity index (χ1n) is 11.5. The zero-order valence-corrected chi connectivity index (χ0v) is 17.4. The summed E-state index contributed by atoms with van der Waals surface area (Å²) in [5.74, 6) is 1.14. The summed E-state index contributed by atoms with van der Waals surface area (Å²) in [4.78, 5) is 0. The summed E-state index contributed by atoms with van der Waals surface area (Å²) in [5, 5.41) is 0. The van der Waals surface area contributed by atoms with Gasteiger partial charge in [0.05, 0.1) is 19.3 Å². The van der Waals surface area contributed by atoms with Gasteiger partial charge in [-0.2, -0.15) is 0 Å². The molecule has 1 saturated carbocycles. The van der Waals surface area contributed by atoms with Gasteiger partial charge in [0.1, 0.15) is 0 Å². The summed E-state index contributed by atoms with van der Waals surface area (Å²) in [6.45, 7) is 6.52. The number of hydrogen-bond donors (Lipinski definition) is 0. The molecule has 0 aromatic carbocycles. The van der Waals surface area contributed by atoms with E-state index in [4.69, 9.17) is 9.47 Å². The van der Waals surface area contributed by atoms with Crippen LogP contribution in [0.3, 0.4) is 0 Å². The summed E-state index contributed by atoms with van der Waals surface area (Å²) < 4.78 is 11.0. The molecule has 0 saturated heterocycles. The van der Waals surface area contributed by atoms with E-state index in [1.807, 2.05) is 0 Å². The lowest BCUT2D eigenvalue weighted by Crippen LogP contribution is -2.10. The first-order valence-corrected chi connectivity index (χ1v) is 11.5. The maximum Gasteiger partial charge on any atom is 0.0703 e. The Kier molecular flexibility index (Phi) is 15.9. The monoisotopic (exact) mass is 354 g/mol. The largest absolute Gasteiger partial charge is 0.379 e. The summed E-state index contributed by atoms with van der Waals surface area (Å²) in [5.41, 5.74) is 0. The first-order chi connectivity index (χ1) is 12.3. The molecule has 0 aromatic rings. The van der Waals surface area contributed by atoms with Crippen molar-refractivity contribution < 1.29 is 9.47 Å². The number of unbranched alkanes of at least 4 members (excludes halogenated alkanes) is 12. The lowest BCUT2D eigenvalue weighted by atomic mass is 10.0. The third-order valence-electron chi connectivity index (χ3n) is 5.28. The molecule has 0 aliphatic heterocycles. The topological polar surface area (TPSA) is 18.5 Å². The molecule has 0 unspecified atom stereocenters. The number of hydrogen-bond acceptors (Lipinski definition) is 2. The molecule has 1 aliphatic rings. The summed E-state index contributed by atoms with van der Waals surface area (Å²) >= 11 is 0. The molecular formula is C23H46O2. The number of rotatable bonds is 20. The van der Waals surface area contributed by atoms with Crippen molar-refractivity contribution >= 4 is 0 Å². The van der Waals surface area contributed by atoms with E-state index in [0.29, 0.717) is 6.10 Å². The van der Waals surface area contributed by atoms with Crippen molar-refractivity contribution in [2.24, 2.45) is 5.92 Å². The van der Waals surface area contributed by atoms with Gasteiger partial charge < -0.3 is 9.47 Å². The molecule has 25 heavy (non-hydrogen) atoms. The Morgan fingerprint density at radius 2 is 1.08 bits per heavy atom. The normalized spacial score (nSPS) is 14.5. The SMILES string of the molecule is CC(C)OCCOCCCCCCCCCCCCCCCC1CC1. The molecule has 0 spiro atoms. The molecule has 2 heteroatoms. The minimum Gasteiger partial charge on any atom is -0.379 e. The van der Waals surface area contributed by atoms with Crippen molar-refractivity contribution in [2.75, 3.05) is 19.8 Å². The summed E-state index contributed by atoms with van der Waals surface area (Å²) in [6, 6.07) is 0. The van der Waals surface area contributed by atoms with E-state index >= 15 is 0 Å². The predicted octanol–water partition coefficient (Wildman–Crippen LogP) is 7.30. The van der Waals surface area contributed by atoms with Gasteiger partial charge in [-0.3, -0.25) is 0 Å². The Hall–Kier alpha value is -0.0800. The zero-order valence-electron chi connectivity index (χ0n) is 17.4. The van der Waals surface area contributed by atoms with Crippen molar-refractivity contribution in [3.05, 3.63) is 0 Å². The Morgan fingerprint density at radius 3 is 1.56 bits per heavy atom. The van der Waals surface area contributed by atoms with Crippen LogP contribution >= 0.6 is 0 Å². The van der Waals surface area contributed by atoms with Crippen LogP contribution in [0, 0.1) is 5.92 Å². The van der Waals surface area contributed by atoms with Gasteiger partial charge in [-0.15, -0.1) is 0 Å². The molecular weight excluding hydrogens is 308 g/mol. The van der Waals surface area contributed by atoms with E-state index < -0.39 is 0 Å². The maximum atomic E-state index is 5.58. The number of ether oxygens (including phenoxy) is 2. The average Bonchev–Trinajstić information content (AvgIpc) is 3.41. The molecule has 1 fully saturated rings. The van der Waals surface area contributed by atoms with E-state index in [1.54, 1.807) is 0 Å². The smallest absolute Gasteiger partial charge is 0.0703 e. The lowest BCUT2D eigenvalue weighted by molar-refractivity contribution is 0.0186. The molecule has 0 heterocycles. The summed E-state index contributed by atoms with van der Waals surface area (Å²) in [6.07, 6.45) is 23.5. The fourth-order valence-corrected chi connectivity index (χ4v) is 3.43. The molecule has 150 valence electrons. The van der Waals surface area contributed by atoms with Crippen LogP contribution in [-0.4, -0.2) is 25.9 Å². The molecule has 0 N–H and O–H groups in total. The second kappa shape index (κ2) is 17.3. The highest BCUT2D eigenvalue weighted by Gasteiger charge is 2.19. The molecule has 1 rings (SSSR count). The second-order valence-electron chi connectivity index (χ2n) is 8.36. The van der Waals surface area contributed by atoms with Crippen LogP contribution in [-0.2, 0) is 9.47 Å². The van der Waals surface area contributed by atoms with E-state index in [2.05, 4.69) is 13.8 Å². The van der Waals surface area contributed by atoms with Crippen molar-refractivity contribution in [1.82, 2.24) is 0 Å². The highest BCUT2D eigenvalue weighted by atomic mass is 16.5. The van der Waals surface area contributed by atoms with Crippen LogP contribution in [0.4, 0.5) is 0 Å². The van der Waals surface area contributed by atoms with Gasteiger partial charge in [-0.05, 0) is 26.2 Å². The Labute approximate surface area is 158 Å². The minimum atomic E-state index is 0.320. The van der Waals surface area contributed by atoms with Crippen LogP contribution in [0.5, 0.6) is 0 Å². The van der Waals surface area contributed by atoms with Gasteiger partial charge in [-0.25, -0.2) is 0 Å². The molecule has 0 bridgehead atoms. The summed E-state index contributed by atoms with van der Waals surface area (Å²) in [7, 11) is 0. The third kappa shape index (κ3) is 18.5. The van der Waals surface area contributed by atoms with Crippen LogP contribution in [0.2, 0.25) is 0 Å². The van der Waals surface area contributed by atoms with Gasteiger partial charge >= 0.3 is 0 Å². The molecule has 0 radical (unpaired) electrons. The molecule has 0 amide bonds. The van der Waals surface area contributed by atoms with Crippen molar-refractivity contribution in [1.29, 1.82) is 0 Å². The van der Waals surface area contributed by atoms with Crippen molar-refractivity contribution in [3.63, 3.8) is 0 Å². The Balaban J connectivity index is 1.60. The second-order valence-corrected chi connectivity index (χ2v) is 8.36. The van der Waals surface area contributed by atoms with Crippen LogP contribution < -0.4 is 0 Å². The Morgan fingerprint density at radius 1 is 0.600 bits per heavy atom. The zero-order chi connectivity index (χ0) is 18.0. The Bertz CT molecular complexity index is 243. The van der Waals surface area contributed by atoms with Crippen LogP contribution in [0.1, 0.15) is 117 Å². The minimum absolute atomic E-state index is 0.320. The molecule has 0 aromatic heterocycles. The van der Waals surface area contributed by atoms with Crippen molar-refractivity contribution in [2.45, 2.75) is 123 Å². The predicted molar refractivity (Wildman–Crippen MR) is 109 cm³/mol. The molecule has 2 nitrogen and oxygen atoms in total. The highest BCUT2D eigenvalue weighted by Crippen LogP contribution is 2.34. The fourth-order valence-electron chi connectivity index (χ4n) is 3.43. The fraction of sp³-hybridized carbons (Fsp3) is 1.00. The molecule has 0 atom stereocenters. The standard InChI is InChI=1S/C23H46O2/c1-22(2)25-21-20-24-19-15-13-11-9-7-5-3-4-6-8-10-12-14-16-23-17-18-23/h22-23H,3-21H2,1-2H3.